The predicted octanol–water partition coefficient (Wildman–Crippen LogP) is 4.94. The van der Waals surface area contributed by atoms with E-state index in [-0.39, 0.29) is 36.0 Å². The van der Waals surface area contributed by atoms with Gasteiger partial charge in [0.2, 0.25) is 5.88 Å². The van der Waals surface area contributed by atoms with Crippen LogP contribution in [0.25, 0.3) is 11.0 Å². The van der Waals surface area contributed by atoms with Crippen LogP contribution in [0.4, 0.5) is 10.2 Å². The number of nitrogens with zero attached hydrogens (tertiary/aromatic N) is 5. The highest BCUT2D eigenvalue weighted by atomic mass is 19.1. The average Bonchev–Trinajstić information content (AvgIpc) is 3.81. The van der Waals surface area contributed by atoms with Crippen LogP contribution >= 0.6 is 0 Å². The number of Topliss-reactive ketones (excluding diaryl/α,β-unsaturated/α-hetero) is 1. The molecule has 2 saturated heterocycles. The first-order valence-corrected chi connectivity index (χ1v) is 15.6. The van der Waals surface area contributed by atoms with E-state index in [1.165, 1.54) is 6.07 Å². The second kappa shape index (κ2) is 12.2. The molecule has 0 amide bonds. The highest BCUT2D eigenvalue weighted by Crippen LogP contribution is 2.33. The highest BCUT2D eigenvalue weighted by Gasteiger charge is 2.31. The number of hydrogen-bond acceptors (Lipinski definition) is 8. The van der Waals surface area contributed by atoms with E-state index in [9.17, 15) is 19.1 Å². The first kappa shape index (κ1) is 29.4. The SMILES string of the molecule is C[C@H]1CN(c2cccc(OCc3ccc(C(=O)C4CC4)cc3F)n2)CCN1Cc1nc2ccc(C(=O)O)cc2n1C[C@@H]1CCO1. The van der Waals surface area contributed by atoms with E-state index in [1.54, 1.807) is 36.4 Å². The summed E-state index contributed by atoms with van der Waals surface area (Å²) in [5.41, 5.74) is 2.64. The lowest BCUT2D eigenvalue weighted by Crippen LogP contribution is -2.52. The van der Waals surface area contributed by atoms with E-state index in [0.717, 1.165) is 68.2 Å². The first-order valence-electron chi connectivity index (χ1n) is 15.6. The molecule has 11 heteroatoms. The number of aromatic nitrogens is 3. The van der Waals surface area contributed by atoms with E-state index in [4.69, 9.17) is 19.4 Å². The van der Waals surface area contributed by atoms with Crippen LogP contribution in [0.5, 0.6) is 5.88 Å². The van der Waals surface area contributed by atoms with E-state index in [2.05, 4.69) is 21.3 Å². The molecule has 2 aromatic carbocycles. The number of carbonyl (C=O) groups is 2. The molecule has 234 valence electrons. The Kier molecular flexibility index (Phi) is 7.97. The van der Waals surface area contributed by atoms with Crippen LogP contribution in [0.1, 0.15) is 58.3 Å². The zero-order valence-corrected chi connectivity index (χ0v) is 25.2. The van der Waals surface area contributed by atoms with Crippen LogP contribution in [0, 0.1) is 11.7 Å². The van der Waals surface area contributed by atoms with Crippen LogP contribution in [0.15, 0.2) is 54.6 Å². The molecule has 2 aliphatic heterocycles. The summed E-state index contributed by atoms with van der Waals surface area (Å²) in [6.45, 7) is 6.51. The summed E-state index contributed by atoms with van der Waals surface area (Å²) in [5.74, 6) is 0.760. The molecule has 0 bridgehead atoms. The average molecular weight is 614 g/mol. The number of ketones is 1. The van der Waals surface area contributed by atoms with Gasteiger partial charge < -0.3 is 24.0 Å². The predicted molar refractivity (Wildman–Crippen MR) is 165 cm³/mol. The Morgan fingerprint density at radius 1 is 1.04 bits per heavy atom. The van der Waals surface area contributed by atoms with Gasteiger partial charge in [-0.15, -0.1) is 0 Å². The summed E-state index contributed by atoms with van der Waals surface area (Å²) < 4.78 is 28.4. The molecule has 45 heavy (non-hydrogen) atoms. The van der Waals surface area contributed by atoms with E-state index in [0.29, 0.717) is 30.1 Å². The van der Waals surface area contributed by atoms with Crippen molar-refractivity contribution in [3.63, 3.8) is 0 Å². The third kappa shape index (κ3) is 6.27. The van der Waals surface area contributed by atoms with Gasteiger partial charge in [-0.25, -0.2) is 14.2 Å². The van der Waals surface area contributed by atoms with Gasteiger partial charge in [0.25, 0.3) is 0 Å². The number of pyridine rings is 1. The van der Waals surface area contributed by atoms with Crippen LogP contribution in [-0.2, 0) is 24.4 Å². The van der Waals surface area contributed by atoms with Crippen molar-refractivity contribution >= 4 is 28.6 Å². The molecule has 2 aromatic heterocycles. The number of carboxylic acids is 1. The number of fused-ring (bicyclic) bond motifs is 1. The Morgan fingerprint density at radius 2 is 1.87 bits per heavy atom. The second-order valence-corrected chi connectivity index (χ2v) is 12.3. The quantitative estimate of drug-likeness (QED) is 0.235. The molecule has 7 rings (SSSR count). The minimum absolute atomic E-state index is 0.0151. The summed E-state index contributed by atoms with van der Waals surface area (Å²) in [4.78, 5) is 38.1. The van der Waals surface area contributed by atoms with Gasteiger partial charge in [-0.3, -0.25) is 9.69 Å². The van der Waals surface area contributed by atoms with Gasteiger partial charge in [-0.1, -0.05) is 18.2 Å². The lowest BCUT2D eigenvalue weighted by Gasteiger charge is -2.40. The fraction of sp³-hybridized carbons (Fsp3) is 0.412. The Balaban J connectivity index is 1.00. The molecule has 0 unspecified atom stereocenters. The summed E-state index contributed by atoms with van der Waals surface area (Å²) in [6.07, 6.45) is 2.86. The van der Waals surface area contributed by atoms with Crippen LogP contribution in [0.2, 0.25) is 0 Å². The second-order valence-electron chi connectivity index (χ2n) is 12.3. The minimum atomic E-state index is -0.957. The molecule has 1 N–H and O–H groups in total. The number of carboxylic acid groups (broad SMARTS) is 1. The number of piperazine rings is 1. The molecule has 0 radical (unpaired) electrons. The van der Waals surface area contributed by atoms with Crippen LogP contribution in [0.3, 0.4) is 0 Å². The summed E-state index contributed by atoms with van der Waals surface area (Å²) >= 11 is 0. The molecule has 1 saturated carbocycles. The fourth-order valence-corrected chi connectivity index (χ4v) is 6.09. The van der Waals surface area contributed by atoms with Crippen molar-refractivity contribution in [3.8, 4) is 5.88 Å². The fourth-order valence-electron chi connectivity index (χ4n) is 6.09. The first-order chi connectivity index (χ1) is 21.8. The third-order valence-electron chi connectivity index (χ3n) is 9.06. The lowest BCUT2D eigenvalue weighted by atomic mass is 10.0. The van der Waals surface area contributed by atoms with E-state index < -0.39 is 11.8 Å². The largest absolute Gasteiger partial charge is 0.478 e. The van der Waals surface area contributed by atoms with Gasteiger partial charge in [0.05, 0.1) is 35.8 Å². The van der Waals surface area contributed by atoms with Gasteiger partial charge in [0, 0.05) is 55.4 Å². The van der Waals surface area contributed by atoms with Crippen molar-refractivity contribution in [1.29, 1.82) is 0 Å². The number of aromatic carboxylic acids is 1. The van der Waals surface area contributed by atoms with Gasteiger partial charge in [-0.05, 0) is 56.5 Å². The number of halogens is 1. The van der Waals surface area contributed by atoms with Crippen molar-refractivity contribution in [2.75, 3.05) is 31.1 Å². The Bertz CT molecular complexity index is 1750. The Hall–Kier alpha value is -4.35. The maximum absolute atomic E-state index is 14.7. The molecule has 3 fully saturated rings. The maximum atomic E-state index is 14.7. The van der Waals surface area contributed by atoms with Crippen molar-refractivity contribution in [2.45, 2.75) is 58.0 Å². The van der Waals surface area contributed by atoms with Gasteiger partial charge in [-0.2, -0.15) is 4.98 Å². The third-order valence-corrected chi connectivity index (χ3v) is 9.06. The highest BCUT2D eigenvalue weighted by molar-refractivity contribution is 5.99. The van der Waals surface area contributed by atoms with Crippen molar-refractivity contribution in [2.24, 2.45) is 5.92 Å². The molecule has 4 heterocycles. The van der Waals surface area contributed by atoms with E-state index in [1.807, 2.05) is 12.1 Å². The number of anilines is 1. The monoisotopic (exact) mass is 613 g/mol. The molecular weight excluding hydrogens is 577 g/mol. The van der Waals surface area contributed by atoms with Gasteiger partial charge >= 0.3 is 5.97 Å². The van der Waals surface area contributed by atoms with Crippen LogP contribution < -0.4 is 9.64 Å². The number of ether oxygens (including phenoxy) is 2. The summed E-state index contributed by atoms with van der Waals surface area (Å²) in [5, 5.41) is 9.54. The topological polar surface area (TPSA) is 110 Å². The number of imidazole rings is 1. The Morgan fingerprint density at radius 3 is 2.58 bits per heavy atom. The molecular formula is C34H36FN5O5. The minimum Gasteiger partial charge on any atom is -0.478 e. The molecule has 2 atom stereocenters. The molecule has 4 aromatic rings. The smallest absolute Gasteiger partial charge is 0.335 e. The lowest BCUT2D eigenvalue weighted by molar-refractivity contribution is -0.0592. The molecule has 1 aliphatic carbocycles. The summed E-state index contributed by atoms with van der Waals surface area (Å²) in [7, 11) is 0. The zero-order valence-electron chi connectivity index (χ0n) is 25.2. The molecule has 3 aliphatic rings. The number of rotatable bonds is 11. The van der Waals surface area contributed by atoms with Crippen molar-refractivity contribution in [1.82, 2.24) is 19.4 Å². The van der Waals surface area contributed by atoms with Crippen LogP contribution in [-0.4, -0.2) is 74.7 Å². The van der Waals surface area contributed by atoms with Crippen molar-refractivity contribution in [3.05, 3.63) is 82.9 Å². The Labute approximate surface area is 260 Å². The summed E-state index contributed by atoms with van der Waals surface area (Å²) in [6, 6.07) is 15.5. The number of carbonyl (C=O) groups excluding carboxylic acids is 1. The van der Waals surface area contributed by atoms with Gasteiger partial charge in [0.15, 0.2) is 5.78 Å². The number of hydrogen-bond donors (Lipinski definition) is 1. The normalized spacial score (nSPS) is 20.3. The molecule has 0 spiro atoms. The standard InChI is InChI=1S/C34H36FN5O5/c1-21-17-39(30-3-2-4-32(37-30)45-20-25-8-7-23(15-27(25)35)33(41)22-5-6-22)13-12-38(21)19-31-36-28-10-9-24(34(42)43)16-29(28)40(31)18-26-11-14-44-26/h2-4,7-10,15-16,21-22,26H,5-6,11-14,17-20H2,1H3,(H,42,43)/t21-,26-/m0/s1. The maximum Gasteiger partial charge on any atom is 0.335 e. The van der Waals surface area contributed by atoms with Crippen molar-refractivity contribution < 1.29 is 28.6 Å². The number of benzene rings is 2. The molecule has 10 nitrogen and oxygen atoms in total. The zero-order chi connectivity index (χ0) is 31.1. The van der Waals surface area contributed by atoms with E-state index >= 15 is 0 Å². The van der Waals surface area contributed by atoms with Gasteiger partial charge in [0.1, 0.15) is 24.1 Å².